The zero-order chi connectivity index (χ0) is 25.2. The molecule has 182 valence electrons. The number of anilines is 1. The molecule has 7 nitrogen and oxygen atoms in total. The number of nitrogens with one attached hydrogen (secondary N) is 1. The molecule has 0 saturated carbocycles. The van der Waals surface area contributed by atoms with Gasteiger partial charge in [0.15, 0.2) is 16.4 Å². The summed E-state index contributed by atoms with van der Waals surface area (Å²) in [6.45, 7) is 1.98. The summed E-state index contributed by atoms with van der Waals surface area (Å²) in [7, 11) is -1.09. The molecule has 1 aliphatic rings. The number of halogens is 1. The molecule has 9 heteroatoms. The van der Waals surface area contributed by atoms with Crippen LogP contribution in [0.4, 0.5) is 5.69 Å². The fraction of sp³-hybridized carbons (Fsp3) is 0.192. The number of hydrogen-bond donors (Lipinski definition) is 1. The van der Waals surface area contributed by atoms with Gasteiger partial charge in [0.05, 0.1) is 19.9 Å². The minimum atomic E-state index is -4.15. The summed E-state index contributed by atoms with van der Waals surface area (Å²) in [6, 6.07) is 19.2. The van der Waals surface area contributed by atoms with Crippen LogP contribution >= 0.6 is 11.6 Å². The highest BCUT2D eigenvalue weighted by molar-refractivity contribution is 7.97. The maximum Gasteiger partial charge on any atom is 0.270 e. The van der Waals surface area contributed by atoms with Crippen molar-refractivity contribution in [3.05, 3.63) is 93.3 Å². The molecule has 0 aromatic heterocycles. The molecule has 1 aliphatic heterocycles. The van der Waals surface area contributed by atoms with Gasteiger partial charge in [-0.2, -0.15) is 0 Å². The molecule has 3 aromatic carbocycles. The Morgan fingerprint density at radius 2 is 1.69 bits per heavy atom. The van der Waals surface area contributed by atoms with Crippen molar-refractivity contribution in [2.75, 3.05) is 25.1 Å². The van der Waals surface area contributed by atoms with Crippen LogP contribution in [-0.2, 0) is 21.4 Å². The van der Waals surface area contributed by atoms with Gasteiger partial charge in [-0.05, 0) is 48.4 Å². The Morgan fingerprint density at radius 3 is 2.34 bits per heavy atom. The molecule has 0 bridgehead atoms. The zero-order valence-electron chi connectivity index (χ0n) is 19.5. The molecule has 0 saturated heterocycles. The first-order valence-electron chi connectivity index (χ1n) is 10.9. The van der Waals surface area contributed by atoms with Crippen molar-refractivity contribution >= 4 is 38.8 Å². The van der Waals surface area contributed by atoms with Crippen LogP contribution in [0.15, 0.2) is 71.6 Å². The average Bonchev–Trinajstić information content (AvgIpc) is 2.86. The first-order valence-corrected chi connectivity index (χ1v) is 12.7. The highest BCUT2D eigenvalue weighted by Crippen LogP contribution is 2.43. The summed E-state index contributed by atoms with van der Waals surface area (Å²) in [6.07, 6.45) is 0. The fourth-order valence-corrected chi connectivity index (χ4v) is 6.08. The molecule has 35 heavy (non-hydrogen) atoms. The maximum atomic E-state index is 13.7. The predicted molar refractivity (Wildman–Crippen MR) is 137 cm³/mol. The molecule has 3 aromatic rings. The van der Waals surface area contributed by atoms with Crippen molar-refractivity contribution in [2.24, 2.45) is 0 Å². The second kappa shape index (κ2) is 10.0. The minimum absolute atomic E-state index is 0.0921. The van der Waals surface area contributed by atoms with Crippen LogP contribution in [0.3, 0.4) is 0 Å². The molecule has 0 fully saturated rings. The van der Waals surface area contributed by atoms with E-state index in [-0.39, 0.29) is 18.0 Å². The van der Waals surface area contributed by atoms with Crippen molar-refractivity contribution in [2.45, 2.75) is 13.5 Å². The van der Waals surface area contributed by atoms with E-state index in [2.05, 4.69) is 5.32 Å². The maximum absolute atomic E-state index is 13.7. The van der Waals surface area contributed by atoms with Crippen LogP contribution in [0, 0.1) is 0 Å². The highest BCUT2D eigenvalue weighted by atomic mass is 35.5. The lowest BCUT2D eigenvalue weighted by molar-refractivity contribution is -0.117. The van der Waals surface area contributed by atoms with Crippen LogP contribution in [-0.4, -0.2) is 35.1 Å². The lowest BCUT2D eigenvalue weighted by atomic mass is 9.95. The summed E-state index contributed by atoms with van der Waals surface area (Å²) in [4.78, 5) is 13.2. The Balaban J connectivity index is 1.83. The number of rotatable bonds is 7. The van der Waals surface area contributed by atoms with E-state index in [1.165, 1.54) is 18.5 Å². The van der Waals surface area contributed by atoms with Gasteiger partial charge < -0.3 is 14.8 Å². The van der Waals surface area contributed by atoms with E-state index in [1.807, 2.05) is 6.07 Å². The third kappa shape index (κ3) is 4.59. The number of benzene rings is 3. The second-order valence-electron chi connectivity index (χ2n) is 7.77. The number of carbonyl (C=O) groups excluding carboxylic acids is 1. The molecule has 0 atom stereocenters. The number of ether oxygens (including phenoxy) is 2. The smallest absolute Gasteiger partial charge is 0.270 e. The van der Waals surface area contributed by atoms with Gasteiger partial charge in [0.1, 0.15) is 0 Å². The summed E-state index contributed by atoms with van der Waals surface area (Å²) < 4.78 is 39.3. The minimum Gasteiger partial charge on any atom is -0.493 e. The first kappa shape index (κ1) is 24.6. The van der Waals surface area contributed by atoms with Crippen LogP contribution in [0.5, 0.6) is 11.5 Å². The molecule has 1 amide bonds. The molecule has 0 aliphatic carbocycles. The van der Waals surface area contributed by atoms with Crippen molar-refractivity contribution in [3.8, 4) is 11.5 Å². The Morgan fingerprint density at radius 1 is 0.971 bits per heavy atom. The van der Waals surface area contributed by atoms with Crippen molar-refractivity contribution in [1.29, 1.82) is 0 Å². The Labute approximate surface area is 210 Å². The average molecular weight is 513 g/mol. The van der Waals surface area contributed by atoms with Gasteiger partial charge in [0.2, 0.25) is 0 Å². The van der Waals surface area contributed by atoms with Crippen molar-refractivity contribution in [3.63, 3.8) is 0 Å². The number of hydrogen-bond acceptors (Lipinski definition) is 5. The largest absolute Gasteiger partial charge is 0.493 e. The van der Waals surface area contributed by atoms with Gasteiger partial charge in [0.25, 0.3) is 15.9 Å². The van der Waals surface area contributed by atoms with E-state index in [0.29, 0.717) is 38.9 Å². The number of fused-ring (bicyclic) bond motifs is 1. The quantitative estimate of drug-likeness (QED) is 0.500. The Bertz CT molecular complexity index is 1400. The van der Waals surface area contributed by atoms with Gasteiger partial charge in [-0.1, -0.05) is 48.0 Å². The van der Waals surface area contributed by atoms with Crippen molar-refractivity contribution in [1.82, 2.24) is 5.32 Å². The number of methoxy groups -OCH3 is 2. The number of amides is 1. The summed E-state index contributed by atoms with van der Waals surface area (Å²) in [5.74, 6) is 0.357. The molecule has 1 N–H and O–H groups in total. The van der Waals surface area contributed by atoms with E-state index >= 15 is 0 Å². The summed E-state index contributed by atoms with van der Waals surface area (Å²) in [5, 5.41) is 3.21. The molecule has 0 radical (unpaired) electrons. The normalized spacial score (nSPS) is 14.3. The monoisotopic (exact) mass is 512 g/mol. The lowest BCUT2D eigenvalue weighted by Crippen LogP contribution is -2.41. The standard InChI is InChI=1S/C26H25ClN2O5S/c1-4-29-21-12-11-19(27)15-20(21)24(18-8-6-5-7-9-18)25(35(29,31)32)26(30)28-16-17-10-13-22(33-2)23(14-17)34-3/h5-15H,4,16H2,1-3H3,(H,28,30). The molecular weight excluding hydrogens is 488 g/mol. The third-order valence-electron chi connectivity index (χ3n) is 5.73. The van der Waals surface area contributed by atoms with Crippen LogP contribution < -0.4 is 19.1 Å². The Hall–Kier alpha value is -3.49. The van der Waals surface area contributed by atoms with Crippen LogP contribution in [0.1, 0.15) is 23.6 Å². The van der Waals surface area contributed by atoms with E-state index in [1.54, 1.807) is 67.6 Å². The molecule has 4 rings (SSSR count). The predicted octanol–water partition coefficient (Wildman–Crippen LogP) is 4.60. The second-order valence-corrected chi connectivity index (χ2v) is 10.0. The summed E-state index contributed by atoms with van der Waals surface area (Å²) >= 11 is 6.30. The SMILES string of the molecule is CCN1c2ccc(Cl)cc2C(c2ccccc2)=C(C(=O)NCc2ccc(OC)c(OC)c2)S1(=O)=O. The fourth-order valence-electron chi connectivity index (χ4n) is 4.13. The topological polar surface area (TPSA) is 84.9 Å². The highest BCUT2D eigenvalue weighted by Gasteiger charge is 2.40. The van der Waals surface area contributed by atoms with Gasteiger partial charge in [0, 0.05) is 29.2 Å². The summed E-state index contributed by atoms with van der Waals surface area (Å²) in [5.41, 5.74) is 2.70. The van der Waals surface area contributed by atoms with E-state index in [9.17, 15) is 13.2 Å². The van der Waals surface area contributed by atoms with Crippen LogP contribution in [0.25, 0.3) is 5.57 Å². The molecule has 0 spiro atoms. The van der Waals surface area contributed by atoms with Gasteiger partial charge >= 0.3 is 0 Å². The number of nitrogens with zero attached hydrogens (tertiary/aromatic N) is 1. The number of sulfonamides is 1. The molecular formula is C26H25ClN2O5S. The van der Waals surface area contributed by atoms with Crippen LogP contribution in [0.2, 0.25) is 5.02 Å². The van der Waals surface area contributed by atoms with E-state index < -0.39 is 15.9 Å². The van der Waals surface area contributed by atoms with Gasteiger partial charge in [-0.25, -0.2) is 8.42 Å². The number of carbonyl (C=O) groups is 1. The third-order valence-corrected chi connectivity index (χ3v) is 7.90. The Kier molecular flexibility index (Phi) is 7.05. The van der Waals surface area contributed by atoms with Gasteiger partial charge in [-0.15, -0.1) is 0 Å². The zero-order valence-corrected chi connectivity index (χ0v) is 21.1. The lowest BCUT2D eigenvalue weighted by Gasteiger charge is -2.33. The van der Waals surface area contributed by atoms with Gasteiger partial charge in [-0.3, -0.25) is 9.10 Å². The molecule has 1 heterocycles. The van der Waals surface area contributed by atoms with E-state index in [4.69, 9.17) is 21.1 Å². The van der Waals surface area contributed by atoms with Crippen molar-refractivity contribution < 1.29 is 22.7 Å². The first-order chi connectivity index (χ1) is 16.8. The molecule has 0 unspecified atom stereocenters. The van der Waals surface area contributed by atoms with E-state index in [0.717, 1.165) is 5.56 Å².